The molecule has 0 aliphatic carbocycles. The molecular formula is C19H28F2IN3O2. The molecule has 0 aromatic heterocycles. The fourth-order valence-corrected chi connectivity index (χ4v) is 3.21. The number of halogens is 3. The SMILES string of the molecule is CCOC(=O)C1CCCN(C(=NC)NCC(C)c2ccc(F)cc2F)C1.I. The van der Waals surface area contributed by atoms with Crippen LogP contribution in [0.25, 0.3) is 0 Å². The fraction of sp³-hybridized carbons (Fsp3) is 0.579. The van der Waals surface area contributed by atoms with Crippen LogP contribution in [0.15, 0.2) is 23.2 Å². The molecule has 0 bridgehead atoms. The Bertz CT molecular complexity index is 658. The van der Waals surface area contributed by atoms with Crippen molar-refractivity contribution in [1.29, 1.82) is 0 Å². The van der Waals surface area contributed by atoms with Crippen LogP contribution < -0.4 is 5.32 Å². The Kier molecular flexibility index (Phi) is 9.97. The van der Waals surface area contributed by atoms with Crippen LogP contribution in [0.5, 0.6) is 0 Å². The molecule has 2 unspecified atom stereocenters. The van der Waals surface area contributed by atoms with Crippen LogP contribution in [0.3, 0.4) is 0 Å². The number of hydrogen-bond acceptors (Lipinski definition) is 3. The summed E-state index contributed by atoms with van der Waals surface area (Å²) in [5, 5.41) is 3.23. The highest BCUT2D eigenvalue weighted by Crippen LogP contribution is 2.20. The summed E-state index contributed by atoms with van der Waals surface area (Å²) >= 11 is 0. The van der Waals surface area contributed by atoms with Gasteiger partial charge in [-0.3, -0.25) is 9.79 Å². The number of benzene rings is 1. The van der Waals surface area contributed by atoms with Crippen molar-refractivity contribution in [3.05, 3.63) is 35.4 Å². The van der Waals surface area contributed by atoms with E-state index in [0.29, 0.717) is 31.2 Å². The van der Waals surface area contributed by atoms with Gasteiger partial charge in [-0.05, 0) is 31.4 Å². The fourth-order valence-electron chi connectivity index (χ4n) is 3.21. The molecule has 2 rings (SSSR count). The molecule has 1 fully saturated rings. The second-order valence-corrected chi connectivity index (χ2v) is 6.53. The summed E-state index contributed by atoms with van der Waals surface area (Å²) < 4.78 is 32.1. The third-order valence-electron chi connectivity index (χ3n) is 4.61. The van der Waals surface area contributed by atoms with Gasteiger partial charge >= 0.3 is 5.97 Å². The first-order valence-electron chi connectivity index (χ1n) is 9.03. The average Bonchev–Trinajstić information content (AvgIpc) is 2.62. The van der Waals surface area contributed by atoms with Crippen LogP contribution in [0.4, 0.5) is 8.78 Å². The molecule has 1 aliphatic rings. The van der Waals surface area contributed by atoms with E-state index in [-0.39, 0.29) is 41.8 Å². The van der Waals surface area contributed by atoms with Gasteiger partial charge in [-0.1, -0.05) is 13.0 Å². The van der Waals surface area contributed by atoms with E-state index >= 15 is 0 Å². The molecule has 1 aromatic rings. The summed E-state index contributed by atoms with van der Waals surface area (Å²) in [6.45, 7) is 5.86. The minimum atomic E-state index is -0.583. The van der Waals surface area contributed by atoms with E-state index < -0.39 is 11.6 Å². The molecule has 1 heterocycles. The minimum absolute atomic E-state index is 0. The summed E-state index contributed by atoms with van der Waals surface area (Å²) in [7, 11) is 1.68. The monoisotopic (exact) mass is 495 g/mol. The number of aliphatic imine (C=N–C) groups is 1. The number of carbonyl (C=O) groups excluding carboxylic acids is 1. The van der Waals surface area contributed by atoms with Crippen LogP contribution >= 0.6 is 24.0 Å². The first kappa shape index (κ1) is 23.6. The standard InChI is InChI=1S/C19H27F2N3O2.HI/c1-4-26-18(25)14-6-5-9-24(12-14)19(22-3)23-11-13(2)16-8-7-15(20)10-17(16)21;/h7-8,10,13-14H,4-6,9,11-12H2,1-3H3,(H,22,23);1H. The summed E-state index contributed by atoms with van der Waals surface area (Å²) in [4.78, 5) is 18.3. The van der Waals surface area contributed by atoms with E-state index in [9.17, 15) is 13.6 Å². The second-order valence-electron chi connectivity index (χ2n) is 6.53. The largest absolute Gasteiger partial charge is 0.466 e. The van der Waals surface area contributed by atoms with Gasteiger partial charge in [0.25, 0.3) is 0 Å². The molecular weight excluding hydrogens is 467 g/mol. The smallest absolute Gasteiger partial charge is 0.310 e. The lowest BCUT2D eigenvalue weighted by molar-refractivity contribution is -0.149. The van der Waals surface area contributed by atoms with Gasteiger partial charge in [0.2, 0.25) is 0 Å². The van der Waals surface area contributed by atoms with E-state index in [4.69, 9.17) is 4.74 Å². The molecule has 1 aliphatic heterocycles. The van der Waals surface area contributed by atoms with Gasteiger partial charge in [0.15, 0.2) is 5.96 Å². The zero-order valence-corrected chi connectivity index (χ0v) is 18.3. The lowest BCUT2D eigenvalue weighted by Gasteiger charge is -2.34. The number of esters is 1. The summed E-state index contributed by atoms with van der Waals surface area (Å²) in [6, 6.07) is 3.63. The number of nitrogens with one attached hydrogen (secondary N) is 1. The Hall–Kier alpha value is -1.45. The highest BCUT2D eigenvalue weighted by Gasteiger charge is 2.28. The van der Waals surface area contributed by atoms with E-state index in [2.05, 4.69) is 10.3 Å². The minimum Gasteiger partial charge on any atom is -0.466 e. The number of likely N-dealkylation sites (tertiary alicyclic amines) is 1. The third-order valence-corrected chi connectivity index (χ3v) is 4.61. The van der Waals surface area contributed by atoms with Crippen LogP contribution in [0.1, 0.15) is 38.2 Å². The number of carbonyl (C=O) groups is 1. The molecule has 0 saturated carbocycles. The lowest BCUT2D eigenvalue weighted by Crippen LogP contribution is -2.48. The molecule has 27 heavy (non-hydrogen) atoms. The van der Waals surface area contributed by atoms with Gasteiger partial charge in [0.05, 0.1) is 12.5 Å². The van der Waals surface area contributed by atoms with Crippen LogP contribution in [-0.4, -0.2) is 50.1 Å². The van der Waals surface area contributed by atoms with E-state index in [0.717, 1.165) is 25.5 Å². The zero-order valence-electron chi connectivity index (χ0n) is 16.0. The first-order chi connectivity index (χ1) is 12.5. The van der Waals surface area contributed by atoms with Crippen molar-refractivity contribution >= 4 is 35.9 Å². The van der Waals surface area contributed by atoms with Gasteiger partial charge in [-0.2, -0.15) is 0 Å². The highest BCUT2D eigenvalue weighted by atomic mass is 127. The molecule has 0 spiro atoms. The van der Waals surface area contributed by atoms with Crippen molar-refractivity contribution in [2.45, 2.75) is 32.6 Å². The molecule has 0 amide bonds. The maximum atomic E-state index is 13.9. The molecule has 1 saturated heterocycles. The van der Waals surface area contributed by atoms with Crippen molar-refractivity contribution in [2.24, 2.45) is 10.9 Å². The number of piperidine rings is 1. The topological polar surface area (TPSA) is 53.9 Å². The van der Waals surface area contributed by atoms with Gasteiger partial charge in [-0.25, -0.2) is 8.78 Å². The Labute approximate surface area is 176 Å². The Morgan fingerprint density at radius 2 is 2.19 bits per heavy atom. The van der Waals surface area contributed by atoms with Crippen molar-refractivity contribution in [2.75, 3.05) is 33.3 Å². The van der Waals surface area contributed by atoms with E-state index in [1.54, 1.807) is 14.0 Å². The van der Waals surface area contributed by atoms with Crippen molar-refractivity contribution in [1.82, 2.24) is 10.2 Å². The average molecular weight is 495 g/mol. The second kappa shape index (κ2) is 11.4. The van der Waals surface area contributed by atoms with Crippen LogP contribution in [-0.2, 0) is 9.53 Å². The van der Waals surface area contributed by atoms with Crippen molar-refractivity contribution in [3.8, 4) is 0 Å². The van der Waals surface area contributed by atoms with Crippen LogP contribution in [0, 0.1) is 17.6 Å². The maximum absolute atomic E-state index is 13.9. The molecule has 0 radical (unpaired) electrons. The van der Waals surface area contributed by atoms with Crippen molar-refractivity contribution in [3.63, 3.8) is 0 Å². The number of guanidine groups is 1. The Morgan fingerprint density at radius 3 is 2.81 bits per heavy atom. The summed E-state index contributed by atoms with van der Waals surface area (Å²) in [5.74, 6) is -0.940. The summed E-state index contributed by atoms with van der Waals surface area (Å²) in [6.07, 6.45) is 1.69. The third kappa shape index (κ3) is 6.58. The number of hydrogen-bond donors (Lipinski definition) is 1. The highest BCUT2D eigenvalue weighted by molar-refractivity contribution is 14.0. The van der Waals surface area contributed by atoms with Gasteiger partial charge in [0, 0.05) is 38.7 Å². The quantitative estimate of drug-likeness (QED) is 0.294. The molecule has 5 nitrogen and oxygen atoms in total. The molecule has 152 valence electrons. The number of rotatable bonds is 5. The molecule has 1 N–H and O–H groups in total. The molecule has 1 aromatic carbocycles. The predicted octanol–water partition coefficient (Wildman–Crippen LogP) is 3.54. The number of ether oxygens (including phenoxy) is 1. The normalized spacial score (nSPS) is 18.5. The molecule has 2 atom stereocenters. The predicted molar refractivity (Wildman–Crippen MR) is 112 cm³/mol. The zero-order chi connectivity index (χ0) is 19.1. The number of nitrogens with zero attached hydrogens (tertiary/aromatic N) is 2. The lowest BCUT2D eigenvalue weighted by atomic mass is 9.98. The van der Waals surface area contributed by atoms with Crippen LogP contribution in [0.2, 0.25) is 0 Å². The van der Waals surface area contributed by atoms with Gasteiger partial charge < -0.3 is 15.0 Å². The van der Waals surface area contributed by atoms with Gasteiger partial charge in [0.1, 0.15) is 11.6 Å². The Morgan fingerprint density at radius 1 is 1.44 bits per heavy atom. The maximum Gasteiger partial charge on any atom is 0.310 e. The van der Waals surface area contributed by atoms with Gasteiger partial charge in [-0.15, -0.1) is 24.0 Å². The first-order valence-corrected chi connectivity index (χ1v) is 9.03. The van der Waals surface area contributed by atoms with E-state index in [1.165, 1.54) is 12.1 Å². The van der Waals surface area contributed by atoms with Crippen molar-refractivity contribution < 1.29 is 18.3 Å². The summed E-state index contributed by atoms with van der Waals surface area (Å²) in [5.41, 5.74) is 0.456. The van der Waals surface area contributed by atoms with E-state index in [1.807, 2.05) is 11.8 Å². The molecule has 8 heteroatoms. The Balaban J connectivity index is 0.00000364.